The highest BCUT2D eigenvalue weighted by Crippen LogP contribution is 2.23. The molecule has 1 aromatic rings. The number of benzene rings is 1. The van der Waals surface area contributed by atoms with Crippen molar-refractivity contribution in [3.05, 3.63) is 35.9 Å². The molecule has 0 unspecified atom stereocenters. The lowest BCUT2D eigenvalue weighted by atomic mass is 9.98. The van der Waals surface area contributed by atoms with E-state index in [0.29, 0.717) is 13.2 Å². The van der Waals surface area contributed by atoms with Gasteiger partial charge >= 0.3 is 0 Å². The fourth-order valence-corrected chi connectivity index (χ4v) is 1.34. The Morgan fingerprint density at radius 1 is 1.07 bits per heavy atom. The van der Waals surface area contributed by atoms with Crippen LogP contribution in [0.15, 0.2) is 30.3 Å². The van der Waals surface area contributed by atoms with Crippen LogP contribution in [-0.2, 0) is 20.1 Å². The second-order valence-corrected chi connectivity index (χ2v) is 3.71. The predicted molar refractivity (Wildman–Crippen MR) is 58.4 cm³/mol. The molecule has 0 fully saturated rings. The third-order valence-corrected chi connectivity index (χ3v) is 2.22. The molecule has 0 aliphatic carbocycles. The van der Waals surface area contributed by atoms with Crippen molar-refractivity contribution in [2.24, 2.45) is 0 Å². The van der Waals surface area contributed by atoms with Crippen molar-refractivity contribution < 1.29 is 14.5 Å². The summed E-state index contributed by atoms with van der Waals surface area (Å²) in [6.45, 7) is 5.02. The minimum absolute atomic E-state index is 0.293. The van der Waals surface area contributed by atoms with Crippen molar-refractivity contribution >= 4 is 0 Å². The minimum Gasteiger partial charge on any atom is -0.368 e. The first-order chi connectivity index (χ1) is 7.17. The molecule has 0 spiro atoms. The van der Waals surface area contributed by atoms with Crippen LogP contribution in [0.1, 0.15) is 19.4 Å². The molecule has 0 atom stereocenters. The third kappa shape index (κ3) is 4.00. The van der Waals surface area contributed by atoms with E-state index in [1.54, 1.807) is 0 Å². The van der Waals surface area contributed by atoms with Crippen LogP contribution in [0.4, 0.5) is 0 Å². The van der Waals surface area contributed by atoms with Crippen LogP contribution in [0.25, 0.3) is 0 Å². The van der Waals surface area contributed by atoms with Gasteiger partial charge in [0.25, 0.3) is 0 Å². The Morgan fingerprint density at radius 3 is 2.33 bits per heavy atom. The second kappa shape index (κ2) is 5.85. The lowest BCUT2D eigenvalue weighted by Gasteiger charge is -2.25. The van der Waals surface area contributed by atoms with Crippen molar-refractivity contribution in [2.45, 2.75) is 19.4 Å². The molecule has 0 aromatic heterocycles. The molecule has 3 heteroatoms. The zero-order valence-electron chi connectivity index (χ0n) is 9.53. The molecule has 0 amide bonds. The fraction of sp³-hybridized carbons (Fsp3) is 0.500. The molecule has 0 aliphatic rings. The first-order valence-electron chi connectivity index (χ1n) is 5.02. The van der Waals surface area contributed by atoms with E-state index in [2.05, 4.69) is 17.0 Å². The van der Waals surface area contributed by atoms with Gasteiger partial charge in [-0.2, -0.15) is 0 Å². The largest absolute Gasteiger partial charge is 0.368 e. The Morgan fingerprint density at radius 2 is 1.73 bits per heavy atom. The summed E-state index contributed by atoms with van der Waals surface area (Å²) in [5, 5.41) is 0. The van der Waals surface area contributed by atoms with E-state index in [0.717, 1.165) is 5.56 Å². The van der Waals surface area contributed by atoms with Gasteiger partial charge in [0.15, 0.2) is 0 Å². The van der Waals surface area contributed by atoms with Gasteiger partial charge in [-0.05, 0) is 19.4 Å². The van der Waals surface area contributed by atoms with Crippen LogP contribution in [0.3, 0.4) is 0 Å². The topological polar surface area (TPSA) is 27.7 Å². The van der Waals surface area contributed by atoms with E-state index in [1.807, 2.05) is 32.0 Å². The van der Waals surface area contributed by atoms with Crippen LogP contribution in [0, 0.1) is 0 Å². The first kappa shape index (κ1) is 12.2. The van der Waals surface area contributed by atoms with Gasteiger partial charge in [-0.15, -0.1) is 0 Å². The summed E-state index contributed by atoms with van der Waals surface area (Å²) < 4.78 is 5.71. The highest BCUT2D eigenvalue weighted by molar-refractivity contribution is 5.20. The highest BCUT2D eigenvalue weighted by Gasteiger charge is 2.20. The molecule has 0 bridgehead atoms. The molecule has 0 N–H and O–H groups in total. The van der Waals surface area contributed by atoms with Gasteiger partial charge in [0.2, 0.25) is 0 Å². The molecule has 0 aliphatic heterocycles. The van der Waals surface area contributed by atoms with E-state index < -0.39 is 0 Å². The van der Waals surface area contributed by atoms with E-state index in [9.17, 15) is 0 Å². The monoisotopic (exact) mass is 210 g/mol. The zero-order chi connectivity index (χ0) is 11.1. The molecular weight excluding hydrogens is 192 g/mol. The Kier molecular flexibility index (Phi) is 4.75. The van der Waals surface area contributed by atoms with Crippen LogP contribution in [0.2, 0.25) is 0 Å². The summed E-state index contributed by atoms with van der Waals surface area (Å²) in [4.78, 5) is 9.22. The van der Waals surface area contributed by atoms with Crippen molar-refractivity contribution in [3.8, 4) is 0 Å². The number of hydrogen-bond donors (Lipinski definition) is 0. The molecule has 1 aromatic carbocycles. The van der Waals surface area contributed by atoms with Gasteiger partial charge in [-0.1, -0.05) is 30.3 Å². The molecule has 3 nitrogen and oxygen atoms in total. The number of hydrogen-bond acceptors (Lipinski definition) is 3. The summed E-state index contributed by atoms with van der Waals surface area (Å²) in [6.07, 6.45) is 0. The van der Waals surface area contributed by atoms with Gasteiger partial charge in [-0.25, -0.2) is 9.78 Å². The van der Waals surface area contributed by atoms with Crippen LogP contribution in [-0.4, -0.2) is 20.3 Å². The average Bonchev–Trinajstić information content (AvgIpc) is 2.26. The van der Waals surface area contributed by atoms with Gasteiger partial charge in [0.05, 0.1) is 19.3 Å². The van der Waals surface area contributed by atoms with Crippen molar-refractivity contribution in [3.63, 3.8) is 0 Å². The summed E-state index contributed by atoms with van der Waals surface area (Å²) >= 11 is 0. The summed E-state index contributed by atoms with van der Waals surface area (Å²) in [5.41, 5.74) is 0.862. The van der Waals surface area contributed by atoms with Gasteiger partial charge in [0, 0.05) is 0 Å². The molecule has 0 saturated heterocycles. The maximum atomic E-state index is 5.71. The molecule has 84 valence electrons. The molecule has 0 radical (unpaired) electrons. The van der Waals surface area contributed by atoms with E-state index in [4.69, 9.17) is 9.62 Å². The highest BCUT2D eigenvalue weighted by atomic mass is 17.2. The van der Waals surface area contributed by atoms with Crippen LogP contribution >= 0.6 is 0 Å². The number of rotatable bonds is 6. The second-order valence-electron chi connectivity index (χ2n) is 3.71. The maximum Gasteiger partial charge on any atom is 0.106 e. The molecule has 0 heterocycles. The van der Waals surface area contributed by atoms with Crippen molar-refractivity contribution in [1.29, 1.82) is 0 Å². The summed E-state index contributed by atoms with van der Waals surface area (Å²) in [6, 6.07) is 10.1. The molecule has 1 rings (SSSR count). The van der Waals surface area contributed by atoms with E-state index in [-0.39, 0.29) is 5.60 Å². The van der Waals surface area contributed by atoms with Gasteiger partial charge < -0.3 is 4.74 Å². The Balaban J connectivity index is 2.45. The predicted octanol–water partition coefficient (Wildman–Crippen LogP) is 2.52. The van der Waals surface area contributed by atoms with Gasteiger partial charge in [-0.3, -0.25) is 0 Å². The number of ether oxygens (including phenoxy) is 1. The van der Waals surface area contributed by atoms with Crippen LogP contribution in [0.5, 0.6) is 0 Å². The maximum absolute atomic E-state index is 5.71. The summed E-state index contributed by atoms with van der Waals surface area (Å²) in [7, 11) is 1.49. The van der Waals surface area contributed by atoms with Gasteiger partial charge in [0.1, 0.15) is 6.61 Å². The lowest BCUT2D eigenvalue weighted by molar-refractivity contribution is -0.281. The normalized spacial score (nSPS) is 11.7. The smallest absolute Gasteiger partial charge is 0.106 e. The minimum atomic E-state index is -0.293. The zero-order valence-corrected chi connectivity index (χ0v) is 9.53. The Hall–Kier alpha value is -0.900. The SMILES string of the molecule is COOCCOC(C)(C)c1ccccc1. The van der Waals surface area contributed by atoms with E-state index in [1.165, 1.54) is 7.11 Å². The molecular formula is C12H18O3. The van der Waals surface area contributed by atoms with Crippen molar-refractivity contribution in [1.82, 2.24) is 0 Å². The van der Waals surface area contributed by atoms with E-state index >= 15 is 0 Å². The third-order valence-electron chi connectivity index (χ3n) is 2.22. The Labute approximate surface area is 90.9 Å². The average molecular weight is 210 g/mol. The van der Waals surface area contributed by atoms with Crippen LogP contribution < -0.4 is 0 Å². The lowest BCUT2D eigenvalue weighted by Crippen LogP contribution is -2.23. The quantitative estimate of drug-likeness (QED) is 0.410. The summed E-state index contributed by atoms with van der Waals surface area (Å²) in [5.74, 6) is 0. The van der Waals surface area contributed by atoms with Crippen molar-refractivity contribution in [2.75, 3.05) is 20.3 Å². The molecule has 15 heavy (non-hydrogen) atoms. The Bertz CT molecular complexity index is 269. The fourth-order valence-electron chi connectivity index (χ4n) is 1.34. The molecule has 0 saturated carbocycles. The standard InChI is InChI=1S/C12H18O3/c1-12(2,14-9-10-15-13-3)11-7-5-4-6-8-11/h4-8H,9-10H2,1-3H3. The first-order valence-corrected chi connectivity index (χ1v) is 5.02.